The van der Waals surface area contributed by atoms with E-state index in [1.54, 1.807) is 6.20 Å². The SMILES string of the molecule is N=CC(C=N)=C(N)/C=C\C(N)=NC(N)Cc1ccc2ncccc2c1. The number of nitrogens with two attached hydrogens (primary N) is 3. The average Bonchev–Trinajstić information content (AvgIpc) is 2.60. The van der Waals surface area contributed by atoms with Crippen molar-refractivity contribution >= 4 is 29.2 Å². The van der Waals surface area contributed by atoms with Gasteiger partial charge in [0.1, 0.15) is 12.0 Å². The van der Waals surface area contributed by atoms with Gasteiger partial charge in [0.2, 0.25) is 0 Å². The molecule has 1 aromatic carbocycles. The van der Waals surface area contributed by atoms with Gasteiger partial charge in [-0.15, -0.1) is 0 Å². The fraction of sp³-hybridized carbons (Fsp3) is 0.111. The second kappa shape index (κ2) is 8.51. The molecule has 0 fully saturated rings. The van der Waals surface area contributed by atoms with E-state index in [9.17, 15) is 0 Å². The zero-order valence-electron chi connectivity index (χ0n) is 13.7. The van der Waals surface area contributed by atoms with E-state index >= 15 is 0 Å². The number of fused-ring (bicyclic) bond motifs is 1. The van der Waals surface area contributed by atoms with E-state index in [-0.39, 0.29) is 17.1 Å². The van der Waals surface area contributed by atoms with E-state index in [0.717, 1.165) is 28.9 Å². The lowest BCUT2D eigenvalue weighted by molar-refractivity contribution is 0.706. The first-order valence-corrected chi connectivity index (χ1v) is 7.64. The molecule has 7 heteroatoms. The number of hydrogen-bond donors (Lipinski definition) is 5. The first kappa shape index (κ1) is 18.0. The molecule has 128 valence electrons. The number of amidine groups is 1. The second-order valence-corrected chi connectivity index (χ2v) is 5.39. The normalized spacial score (nSPS) is 12.9. The van der Waals surface area contributed by atoms with Crippen LogP contribution in [-0.4, -0.2) is 29.4 Å². The Bertz CT molecular complexity index is 855. The van der Waals surface area contributed by atoms with Gasteiger partial charge in [0.25, 0.3) is 0 Å². The fourth-order valence-corrected chi connectivity index (χ4v) is 2.25. The first-order valence-electron chi connectivity index (χ1n) is 7.64. The Kier molecular flexibility index (Phi) is 6.14. The fourth-order valence-electron chi connectivity index (χ4n) is 2.25. The maximum Gasteiger partial charge on any atom is 0.120 e. The van der Waals surface area contributed by atoms with Crippen molar-refractivity contribution in [3.05, 3.63) is 65.5 Å². The molecule has 1 heterocycles. The zero-order valence-corrected chi connectivity index (χ0v) is 13.7. The molecule has 0 aliphatic rings. The number of benzene rings is 1. The third-order valence-corrected chi connectivity index (χ3v) is 3.51. The van der Waals surface area contributed by atoms with Gasteiger partial charge in [-0.2, -0.15) is 0 Å². The van der Waals surface area contributed by atoms with Crippen molar-refractivity contribution in [2.75, 3.05) is 0 Å². The summed E-state index contributed by atoms with van der Waals surface area (Å²) < 4.78 is 0. The van der Waals surface area contributed by atoms with Gasteiger partial charge < -0.3 is 28.0 Å². The first-order chi connectivity index (χ1) is 12.0. The molecule has 0 radical (unpaired) electrons. The van der Waals surface area contributed by atoms with E-state index in [0.29, 0.717) is 6.42 Å². The second-order valence-electron chi connectivity index (χ2n) is 5.39. The topological polar surface area (TPSA) is 151 Å². The predicted molar refractivity (Wildman–Crippen MR) is 103 cm³/mol. The summed E-state index contributed by atoms with van der Waals surface area (Å²) >= 11 is 0. The summed E-state index contributed by atoms with van der Waals surface area (Å²) in [7, 11) is 0. The largest absolute Gasteiger partial charge is 0.398 e. The highest BCUT2D eigenvalue weighted by atomic mass is 15.0. The Hall–Kier alpha value is -3.32. The summed E-state index contributed by atoms with van der Waals surface area (Å²) in [5.74, 6) is 0.229. The number of pyridine rings is 1. The van der Waals surface area contributed by atoms with Crippen LogP contribution in [0.2, 0.25) is 0 Å². The molecule has 0 spiro atoms. The minimum Gasteiger partial charge on any atom is -0.398 e. The third-order valence-electron chi connectivity index (χ3n) is 3.51. The van der Waals surface area contributed by atoms with E-state index in [4.69, 9.17) is 28.0 Å². The van der Waals surface area contributed by atoms with Gasteiger partial charge in [0, 0.05) is 41.7 Å². The average molecular weight is 335 g/mol. The molecule has 0 amide bonds. The van der Waals surface area contributed by atoms with Crippen LogP contribution in [0.3, 0.4) is 0 Å². The Labute approximate surface area is 146 Å². The number of hydrogen-bond acceptors (Lipinski definition) is 6. The van der Waals surface area contributed by atoms with Crippen LogP contribution in [0.5, 0.6) is 0 Å². The summed E-state index contributed by atoms with van der Waals surface area (Å²) in [6.07, 6.45) is 6.81. The number of nitrogens with zero attached hydrogens (tertiary/aromatic N) is 2. The summed E-state index contributed by atoms with van der Waals surface area (Å²) in [5.41, 5.74) is 20.1. The quantitative estimate of drug-likeness (QED) is 0.296. The van der Waals surface area contributed by atoms with Crippen molar-refractivity contribution in [1.82, 2.24) is 4.98 Å². The van der Waals surface area contributed by atoms with E-state index in [1.165, 1.54) is 12.2 Å². The Balaban J connectivity index is 2.07. The van der Waals surface area contributed by atoms with Crippen molar-refractivity contribution in [3.63, 3.8) is 0 Å². The number of aromatic nitrogens is 1. The van der Waals surface area contributed by atoms with Gasteiger partial charge in [0.15, 0.2) is 0 Å². The molecule has 25 heavy (non-hydrogen) atoms. The number of rotatable bonds is 7. The molecule has 0 bridgehead atoms. The molecular weight excluding hydrogens is 314 g/mol. The van der Waals surface area contributed by atoms with Gasteiger partial charge in [-0.05, 0) is 35.9 Å². The van der Waals surface area contributed by atoms with Gasteiger partial charge in [0.05, 0.1) is 5.52 Å². The Morgan fingerprint density at radius 2 is 1.92 bits per heavy atom. The third kappa shape index (κ3) is 5.08. The summed E-state index contributed by atoms with van der Waals surface area (Å²) in [5, 5.41) is 15.3. The van der Waals surface area contributed by atoms with E-state index in [2.05, 4.69) is 9.98 Å². The molecule has 8 N–H and O–H groups in total. The van der Waals surface area contributed by atoms with Crippen LogP contribution in [0.25, 0.3) is 10.9 Å². The smallest absolute Gasteiger partial charge is 0.120 e. The molecule has 7 nitrogen and oxygen atoms in total. The van der Waals surface area contributed by atoms with Crippen LogP contribution in [-0.2, 0) is 6.42 Å². The van der Waals surface area contributed by atoms with E-state index < -0.39 is 6.17 Å². The number of allylic oxidation sites excluding steroid dienone is 2. The molecule has 0 saturated heterocycles. The van der Waals surface area contributed by atoms with Crippen molar-refractivity contribution in [2.45, 2.75) is 12.6 Å². The molecule has 0 aliphatic heterocycles. The van der Waals surface area contributed by atoms with Crippen LogP contribution in [0.15, 0.2) is 64.9 Å². The minimum atomic E-state index is -0.492. The molecule has 0 saturated carbocycles. The molecule has 0 aliphatic carbocycles. The Morgan fingerprint density at radius 1 is 1.16 bits per heavy atom. The van der Waals surface area contributed by atoms with Gasteiger partial charge in [-0.1, -0.05) is 12.1 Å². The molecule has 1 unspecified atom stereocenters. The molecule has 1 aromatic heterocycles. The lowest BCUT2D eigenvalue weighted by Crippen LogP contribution is -2.24. The van der Waals surface area contributed by atoms with Gasteiger partial charge in [-0.25, -0.2) is 4.99 Å². The molecule has 2 aromatic rings. The van der Waals surface area contributed by atoms with Crippen LogP contribution in [0, 0.1) is 10.8 Å². The predicted octanol–water partition coefficient (Wildman–Crippen LogP) is 1.49. The summed E-state index contributed by atoms with van der Waals surface area (Å²) in [6.45, 7) is 0. The summed E-state index contributed by atoms with van der Waals surface area (Å²) in [6, 6.07) is 9.84. The number of nitrogens with one attached hydrogen (secondary N) is 2. The number of aliphatic imine (C=N–C) groups is 1. The molecular formula is C18H21N7. The van der Waals surface area contributed by atoms with Crippen molar-refractivity contribution in [1.29, 1.82) is 10.8 Å². The highest BCUT2D eigenvalue weighted by Crippen LogP contribution is 2.14. The van der Waals surface area contributed by atoms with Gasteiger partial charge in [-0.3, -0.25) is 4.98 Å². The van der Waals surface area contributed by atoms with Crippen LogP contribution >= 0.6 is 0 Å². The Morgan fingerprint density at radius 3 is 2.64 bits per heavy atom. The monoisotopic (exact) mass is 335 g/mol. The highest BCUT2D eigenvalue weighted by molar-refractivity contribution is 6.03. The van der Waals surface area contributed by atoms with Crippen molar-refractivity contribution in [3.8, 4) is 0 Å². The highest BCUT2D eigenvalue weighted by Gasteiger charge is 2.04. The van der Waals surface area contributed by atoms with Gasteiger partial charge >= 0.3 is 0 Å². The van der Waals surface area contributed by atoms with Crippen LogP contribution in [0.4, 0.5) is 0 Å². The van der Waals surface area contributed by atoms with E-state index in [1.807, 2.05) is 30.3 Å². The van der Waals surface area contributed by atoms with Crippen LogP contribution in [0.1, 0.15) is 5.56 Å². The van der Waals surface area contributed by atoms with Crippen molar-refractivity contribution < 1.29 is 0 Å². The maximum absolute atomic E-state index is 7.14. The molecule has 1 atom stereocenters. The lowest BCUT2D eigenvalue weighted by Gasteiger charge is -2.08. The summed E-state index contributed by atoms with van der Waals surface area (Å²) in [4.78, 5) is 8.50. The maximum atomic E-state index is 7.14. The zero-order chi connectivity index (χ0) is 18.2. The molecule has 2 rings (SSSR count). The lowest BCUT2D eigenvalue weighted by atomic mass is 10.1. The van der Waals surface area contributed by atoms with Crippen molar-refractivity contribution in [2.24, 2.45) is 22.2 Å². The minimum absolute atomic E-state index is 0.229. The standard InChI is InChI=1S/C18H21N7/c19-10-14(11-20)15(21)4-6-17(22)25-18(23)9-12-3-5-16-13(8-12)2-1-7-24-16/h1-8,10-11,18-20H,9,21,23H2,(H2,22,25)/b6-4-,15-14?,19-10?,20-11?. The van der Waals surface area contributed by atoms with Crippen LogP contribution < -0.4 is 17.2 Å².